The summed E-state index contributed by atoms with van der Waals surface area (Å²) in [6.45, 7) is 3.78. The van der Waals surface area contributed by atoms with Crippen molar-refractivity contribution in [3.63, 3.8) is 0 Å². The van der Waals surface area contributed by atoms with Gasteiger partial charge in [-0.3, -0.25) is 28.5 Å². The van der Waals surface area contributed by atoms with E-state index in [1.807, 2.05) is 0 Å². The topological polar surface area (TPSA) is 201 Å². The summed E-state index contributed by atoms with van der Waals surface area (Å²) in [7, 11) is -1.45. The molecule has 0 radical (unpaired) electrons. The predicted molar refractivity (Wildman–Crippen MR) is 119 cm³/mol. The number of aromatic nitrogens is 3. The number of phosphoric acid groups is 1. The summed E-state index contributed by atoms with van der Waals surface area (Å²) in [5.41, 5.74) is -1.83. The fourth-order valence-corrected chi connectivity index (χ4v) is 4.04. The zero-order valence-corrected chi connectivity index (χ0v) is 20.9. The van der Waals surface area contributed by atoms with E-state index in [2.05, 4.69) is 14.9 Å². The van der Waals surface area contributed by atoms with Crippen LogP contribution >= 0.6 is 7.82 Å². The first-order chi connectivity index (χ1) is 17.0. The van der Waals surface area contributed by atoms with Gasteiger partial charge >= 0.3 is 14.0 Å². The highest BCUT2D eigenvalue weighted by molar-refractivity contribution is 7.48. The van der Waals surface area contributed by atoms with Gasteiger partial charge in [-0.15, -0.1) is 5.10 Å². The molecule has 0 aliphatic carbocycles. The molecule has 0 aliphatic rings. The summed E-state index contributed by atoms with van der Waals surface area (Å²) < 4.78 is 42.6. The molecular formula is C19H25N4O12P. The van der Waals surface area contributed by atoms with Crippen LogP contribution in [0.15, 0.2) is 12.1 Å². The van der Waals surface area contributed by atoms with Crippen molar-refractivity contribution in [3.8, 4) is 11.5 Å². The lowest BCUT2D eigenvalue weighted by Crippen LogP contribution is -2.13. The number of methoxy groups -OCH3 is 2. The second kappa shape index (κ2) is 12.4. The van der Waals surface area contributed by atoms with E-state index in [0.29, 0.717) is 0 Å². The average Bonchev–Trinajstić information content (AvgIpc) is 3.26. The molecule has 0 aliphatic heterocycles. The van der Waals surface area contributed by atoms with Crippen LogP contribution < -0.4 is 9.47 Å². The Hall–Kier alpha value is -3.59. The second-order valence-corrected chi connectivity index (χ2v) is 8.35. The lowest BCUT2D eigenvalue weighted by Gasteiger charge is -2.15. The smallest absolute Gasteiger partial charge is 0.493 e. The molecule has 1 N–H and O–H groups in total. The number of carbonyl (C=O) groups excluding carboxylic acids is 1. The zero-order chi connectivity index (χ0) is 27.0. The van der Waals surface area contributed by atoms with E-state index in [-0.39, 0.29) is 30.4 Å². The number of ether oxygens (including phenoxy) is 3. The molecule has 0 bridgehead atoms. The Kier molecular flexibility index (Phi) is 9.86. The van der Waals surface area contributed by atoms with E-state index in [9.17, 15) is 24.3 Å². The molecule has 2 rings (SSSR count). The first-order valence-electron chi connectivity index (χ1n) is 10.3. The molecule has 1 aromatic carbocycles. The second-order valence-electron chi connectivity index (χ2n) is 6.68. The fraction of sp³-hybridized carbons (Fsp3) is 0.474. The highest BCUT2D eigenvalue weighted by Gasteiger charge is 2.33. The van der Waals surface area contributed by atoms with Crippen LogP contribution in [0.1, 0.15) is 48.6 Å². The van der Waals surface area contributed by atoms with Crippen molar-refractivity contribution in [2.75, 3.05) is 27.4 Å². The van der Waals surface area contributed by atoms with Crippen molar-refractivity contribution < 1.29 is 52.0 Å². The number of phosphoric ester groups is 1. The maximum atomic E-state index is 13.4. The lowest BCUT2D eigenvalue weighted by molar-refractivity contribution is -0.385. The summed E-state index contributed by atoms with van der Waals surface area (Å²) in [5, 5.41) is 28.6. The van der Waals surface area contributed by atoms with Gasteiger partial charge in [0.05, 0.1) is 38.4 Å². The first-order valence-corrected chi connectivity index (χ1v) is 11.8. The largest absolute Gasteiger partial charge is 0.506 e. The van der Waals surface area contributed by atoms with Crippen LogP contribution in [0.4, 0.5) is 10.5 Å². The van der Waals surface area contributed by atoms with E-state index in [1.165, 1.54) is 21.1 Å². The molecule has 0 fully saturated rings. The van der Waals surface area contributed by atoms with Crippen LogP contribution in [0, 0.1) is 10.1 Å². The molecule has 1 unspecified atom stereocenters. The Morgan fingerprint density at radius 1 is 1.11 bits per heavy atom. The normalized spacial score (nSPS) is 12.1. The van der Waals surface area contributed by atoms with Crippen molar-refractivity contribution in [3.05, 3.63) is 39.2 Å². The number of nitrogens with zero attached hydrogens (tertiary/aromatic N) is 4. The highest BCUT2D eigenvalue weighted by atomic mass is 31.2. The van der Waals surface area contributed by atoms with E-state index >= 15 is 0 Å². The highest BCUT2D eigenvalue weighted by Crippen LogP contribution is 2.49. The molecule has 0 saturated heterocycles. The van der Waals surface area contributed by atoms with Crippen LogP contribution in [0.3, 0.4) is 0 Å². The van der Waals surface area contributed by atoms with Gasteiger partial charge in [0.25, 0.3) is 5.69 Å². The quantitative estimate of drug-likeness (QED) is 0.122. The predicted octanol–water partition coefficient (Wildman–Crippen LogP) is 3.35. The molecule has 0 spiro atoms. The third-order valence-corrected chi connectivity index (χ3v) is 5.99. The minimum Gasteiger partial charge on any atom is -0.493 e. The van der Waals surface area contributed by atoms with Crippen molar-refractivity contribution in [1.82, 2.24) is 15.0 Å². The lowest BCUT2D eigenvalue weighted by atomic mass is 10.0. The molecule has 36 heavy (non-hydrogen) atoms. The number of nitro benzene ring substituents is 1. The number of hydrogen-bond acceptors (Lipinski definition) is 13. The van der Waals surface area contributed by atoms with Crippen LogP contribution in [0.5, 0.6) is 11.5 Å². The minimum atomic E-state index is -3.99. The van der Waals surface area contributed by atoms with Crippen molar-refractivity contribution >= 4 is 25.4 Å². The maximum absolute atomic E-state index is 13.4. The van der Waals surface area contributed by atoms with Gasteiger partial charge in [-0.2, -0.15) is 9.90 Å². The molecule has 0 amide bonds. The van der Waals surface area contributed by atoms with Crippen LogP contribution in [0.2, 0.25) is 0 Å². The van der Waals surface area contributed by atoms with Gasteiger partial charge in [0.15, 0.2) is 23.9 Å². The van der Waals surface area contributed by atoms with Gasteiger partial charge in [0, 0.05) is 6.07 Å². The number of benzene rings is 1. The molecular weight excluding hydrogens is 507 g/mol. The number of hydrogen-bond donors (Lipinski definition) is 1. The monoisotopic (exact) mass is 532 g/mol. The van der Waals surface area contributed by atoms with Gasteiger partial charge in [0.2, 0.25) is 5.78 Å². The van der Waals surface area contributed by atoms with Gasteiger partial charge in [0.1, 0.15) is 17.4 Å². The van der Waals surface area contributed by atoms with Gasteiger partial charge in [-0.05, 0) is 20.8 Å². The van der Waals surface area contributed by atoms with Gasteiger partial charge < -0.3 is 19.3 Å². The van der Waals surface area contributed by atoms with Crippen molar-refractivity contribution in [1.29, 1.82) is 0 Å². The molecule has 2 aromatic rings. The Labute approximate surface area is 204 Å². The van der Waals surface area contributed by atoms with Crippen LogP contribution in [0.25, 0.3) is 0 Å². The number of nitro groups is 1. The summed E-state index contributed by atoms with van der Waals surface area (Å²) in [6, 6.07) is 2.08. The summed E-state index contributed by atoms with van der Waals surface area (Å²) in [4.78, 5) is 36.1. The van der Waals surface area contributed by atoms with Gasteiger partial charge in [-0.25, -0.2) is 9.36 Å². The molecule has 198 valence electrons. The van der Waals surface area contributed by atoms with Crippen LogP contribution in [-0.4, -0.2) is 64.4 Å². The molecule has 0 saturated carbocycles. The third kappa shape index (κ3) is 6.75. The Morgan fingerprint density at radius 2 is 1.69 bits per heavy atom. The Bertz CT molecular complexity index is 1160. The zero-order valence-electron chi connectivity index (χ0n) is 20.0. The van der Waals surface area contributed by atoms with Crippen LogP contribution in [-0.2, 0) is 29.6 Å². The summed E-state index contributed by atoms with van der Waals surface area (Å²) in [5.74, 6) is -0.973. The molecule has 1 heterocycles. The molecule has 17 heteroatoms. The standard InChI is InChI=1S/C19H25N4O12P/c1-6-32-36(29,33-7-2)34-10-22-20-16(11(3)35-19(25)26)17(21-22)18(24)12-8-14(30-4)15(31-5)9-13(12)23(27)28/h8-9,11H,6-7,10H2,1-5H3,(H,25,26). The first kappa shape index (κ1) is 28.6. The number of carboxylic acid groups (broad SMARTS) is 1. The summed E-state index contributed by atoms with van der Waals surface area (Å²) >= 11 is 0. The Morgan fingerprint density at radius 3 is 2.19 bits per heavy atom. The van der Waals surface area contributed by atoms with E-state index in [0.717, 1.165) is 16.9 Å². The average molecular weight is 532 g/mol. The minimum absolute atomic E-state index is 0.00297. The van der Waals surface area contributed by atoms with E-state index < -0.39 is 54.5 Å². The third-order valence-electron chi connectivity index (χ3n) is 4.41. The molecule has 1 atom stereocenters. The molecule has 1 aromatic heterocycles. The SMILES string of the molecule is CCOP(=O)(OCC)OCn1nc(C(=O)c2cc(OC)c(OC)cc2[N+](=O)[O-])c(C(C)OC(=O)O)n1. The number of ketones is 1. The Balaban J connectivity index is 2.57. The maximum Gasteiger partial charge on any atom is 0.506 e. The van der Waals surface area contributed by atoms with E-state index in [1.54, 1.807) is 13.8 Å². The summed E-state index contributed by atoms with van der Waals surface area (Å²) in [6.07, 6.45) is -2.99. The van der Waals surface area contributed by atoms with Gasteiger partial charge in [-0.1, -0.05) is 0 Å². The van der Waals surface area contributed by atoms with E-state index in [4.69, 9.17) is 28.2 Å². The van der Waals surface area contributed by atoms with Crippen molar-refractivity contribution in [2.45, 2.75) is 33.6 Å². The fourth-order valence-electron chi connectivity index (χ4n) is 2.94. The number of rotatable bonds is 14. The molecule has 16 nitrogen and oxygen atoms in total. The number of carbonyl (C=O) groups is 2. The van der Waals surface area contributed by atoms with Crippen molar-refractivity contribution in [2.24, 2.45) is 0 Å².